The van der Waals surface area contributed by atoms with Crippen molar-refractivity contribution in [2.45, 2.75) is 50.7 Å². The fourth-order valence-corrected chi connectivity index (χ4v) is 7.58. The van der Waals surface area contributed by atoms with E-state index in [1.165, 1.54) is 0 Å². The fourth-order valence-electron chi connectivity index (χ4n) is 7.29. The van der Waals surface area contributed by atoms with Gasteiger partial charge < -0.3 is 19.5 Å². The molecule has 15 heteroatoms. The van der Waals surface area contributed by atoms with Gasteiger partial charge in [-0.1, -0.05) is 18.5 Å². The molecule has 0 aliphatic carbocycles. The number of carboxylic acid groups (broad SMARTS) is 1. The number of H-pyrrole nitrogens is 1. The van der Waals surface area contributed by atoms with Crippen molar-refractivity contribution in [2.75, 3.05) is 51.0 Å². The van der Waals surface area contributed by atoms with Gasteiger partial charge in [-0.15, -0.1) is 0 Å². The van der Waals surface area contributed by atoms with E-state index in [-0.39, 0.29) is 30.4 Å². The predicted molar refractivity (Wildman–Crippen MR) is 168 cm³/mol. The Morgan fingerprint density at radius 2 is 2.13 bits per heavy atom. The highest BCUT2D eigenvalue weighted by molar-refractivity contribution is 6.33. The topological polar surface area (TPSA) is 142 Å². The third-order valence-corrected chi connectivity index (χ3v) is 9.67. The summed E-state index contributed by atoms with van der Waals surface area (Å²) in [6.07, 6.45) is 3.66. The smallest absolute Gasteiger partial charge is 0.461 e. The number of nitrogens with zero attached hydrogens (tertiary/aromatic N) is 6. The van der Waals surface area contributed by atoms with Gasteiger partial charge in [0.15, 0.2) is 5.82 Å². The second-order valence-corrected chi connectivity index (χ2v) is 13.0. The van der Waals surface area contributed by atoms with Gasteiger partial charge in [0, 0.05) is 48.2 Å². The maximum absolute atomic E-state index is 16.9. The Hall–Kier alpha value is -3.88. The van der Waals surface area contributed by atoms with E-state index in [0.29, 0.717) is 83.2 Å². The molecule has 0 saturated carbocycles. The number of carbonyl (C=O) groups is 1. The van der Waals surface area contributed by atoms with Crippen LogP contribution in [0.2, 0.25) is 5.02 Å². The van der Waals surface area contributed by atoms with Gasteiger partial charge in [-0.25, -0.2) is 13.6 Å². The molecule has 6 heterocycles. The highest BCUT2D eigenvalue weighted by Crippen LogP contribution is 2.42. The molecule has 12 nitrogen and oxygen atoms in total. The Morgan fingerprint density at radius 3 is 2.96 bits per heavy atom. The standard InChI is InChI=1S/C31H35ClF2N8O4/c1-17-10-35-16-41(13-17)28-21-11-36-27(24-19(4-2-7-45-30(43)44)22(32)8-23-20(24)12-37-40-23)25(34)26(21)38-29(39-28)46-15-31-5-3-6-42(31)14-18(33)9-31/h8,11-12,17-18,35H,2-7,9-10,13-16H2,1H3,(H,37,40)(H,43,44)/t17-,18-,31+/m1/s1. The number of rotatable bonds is 9. The number of nitrogens with one attached hydrogen (secondary N) is 2. The van der Waals surface area contributed by atoms with E-state index >= 15 is 4.39 Å². The van der Waals surface area contributed by atoms with Gasteiger partial charge in [-0.3, -0.25) is 20.3 Å². The molecule has 3 saturated heterocycles. The summed E-state index contributed by atoms with van der Waals surface area (Å²) in [6.45, 7) is 5.53. The Balaban J connectivity index is 1.33. The number of benzene rings is 1. The summed E-state index contributed by atoms with van der Waals surface area (Å²) in [5.41, 5.74) is 1.24. The third kappa shape index (κ3) is 5.66. The Kier molecular flexibility index (Phi) is 8.28. The number of fused-ring (bicyclic) bond motifs is 3. The third-order valence-electron chi connectivity index (χ3n) is 9.33. The van der Waals surface area contributed by atoms with Gasteiger partial charge in [0.1, 0.15) is 29.8 Å². The summed E-state index contributed by atoms with van der Waals surface area (Å²) in [6, 6.07) is 1.72. The molecule has 3 aromatic heterocycles. The molecule has 46 heavy (non-hydrogen) atoms. The molecule has 0 radical (unpaired) electrons. The molecular weight excluding hydrogens is 622 g/mol. The summed E-state index contributed by atoms with van der Waals surface area (Å²) in [5, 5.41) is 20.7. The average molecular weight is 657 g/mol. The predicted octanol–water partition coefficient (Wildman–Crippen LogP) is 4.95. The Bertz CT molecular complexity index is 1790. The van der Waals surface area contributed by atoms with Crippen molar-refractivity contribution in [3.05, 3.63) is 34.9 Å². The van der Waals surface area contributed by atoms with E-state index in [1.54, 1.807) is 18.5 Å². The lowest BCUT2D eigenvalue weighted by Gasteiger charge is -2.33. The van der Waals surface area contributed by atoms with Gasteiger partial charge in [0.2, 0.25) is 0 Å². The molecule has 3 aliphatic rings. The van der Waals surface area contributed by atoms with E-state index in [1.807, 2.05) is 4.90 Å². The van der Waals surface area contributed by atoms with Crippen LogP contribution in [0.4, 0.5) is 19.4 Å². The zero-order valence-electron chi connectivity index (χ0n) is 25.4. The molecular formula is C31H35ClF2N8O4. The average Bonchev–Trinajstić information content (AvgIpc) is 3.72. The van der Waals surface area contributed by atoms with Crippen molar-refractivity contribution < 1.29 is 28.2 Å². The van der Waals surface area contributed by atoms with E-state index in [2.05, 4.69) is 42.0 Å². The van der Waals surface area contributed by atoms with Crippen LogP contribution in [-0.2, 0) is 11.2 Å². The normalized spacial score (nSPS) is 23.3. The first-order chi connectivity index (χ1) is 22.2. The lowest BCUT2D eigenvalue weighted by atomic mass is 9.95. The van der Waals surface area contributed by atoms with Crippen LogP contribution in [0.1, 0.15) is 38.2 Å². The Labute approximate surface area is 268 Å². The van der Waals surface area contributed by atoms with Crippen molar-refractivity contribution in [3.63, 3.8) is 0 Å². The van der Waals surface area contributed by atoms with Crippen molar-refractivity contribution in [1.29, 1.82) is 0 Å². The molecule has 3 aliphatic heterocycles. The van der Waals surface area contributed by atoms with Gasteiger partial charge >= 0.3 is 12.2 Å². The number of ether oxygens (including phenoxy) is 2. The summed E-state index contributed by atoms with van der Waals surface area (Å²) >= 11 is 6.71. The quantitative estimate of drug-likeness (QED) is 0.166. The van der Waals surface area contributed by atoms with E-state index in [4.69, 9.17) is 26.4 Å². The number of anilines is 1. The van der Waals surface area contributed by atoms with Gasteiger partial charge in [0.05, 0.1) is 35.9 Å². The van der Waals surface area contributed by atoms with Crippen LogP contribution < -0.4 is 15.0 Å². The zero-order valence-corrected chi connectivity index (χ0v) is 26.1. The molecule has 3 atom stereocenters. The number of aromatic amines is 1. The number of alkyl halides is 1. The number of pyridine rings is 1. The maximum Gasteiger partial charge on any atom is 0.505 e. The van der Waals surface area contributed by atoms with E-state index in [0.717, 1.165) is 25.9 Å². The second-order valence-electron chi connectivity index (χ2n) is 12.6. The highest BCUT2D eigenvalue weighted by Gasteiger charge is 2.49. The van der Waals surface area contributed by atoms with Crippen molar-refractivity contribution in [3.8, 4) is 17.3 Å². The number of halogens is 3. The number of hydrogen-bond acceptors (Lipinski definition) is 10. The summed E-state index contributed by atoms with van der Waals surface area (Å²) < 4.78 is 42.3. The van der Waals surface area contributed by atoms with Crippen LogP contribution in [0.3, 0.4) is 0 Å². The lowest BCUT2D eigenvalue weighted by molar-refractivity contribution is 0.0907. The SMILES string of the molecule is C[C@@H]1CNCN(c2nc(OC[C@@]34CCCN3C[C@H](F)C4)nc3c(F)c(-c4c(CCCOC(=O)O)c(Cl)cc5[nH]ncc45)ncc23)C1. The van der Waals surface area contributed by atoms with Crippen LogP contribution >= 0.6 is 11.6 Å². The molecule has 0 unspecified atom stereocenters. The van der Waals surface area contributed by atoms with Gasteiger partial charge in [-0.2, -0.15) is 15.1 Å². The number of aromatic nitrogens is 5. The van der Waals surface area contributed by atoms with E-state index < -0.39 is 23.7 Å². The van der Waals surface area contributed by atoms with Crippen LogP contribution in [0.25, 0.3) is 33.1 Å². The van der Waals surface area contributed by atoms with Crippen molar-refractivity contribution in [2.24, 2.45) is 5.92 Å². The molecule has 244 valence electrons. The largest absolute Gasteiger partial charge is 0.505 e. The van der Waals surface area contributed by atoms with Gasteiger partial charge in [0.25, 0.3) is 0 Å². The minimum atomic E-state index is -1.37. The second kappa shape index (κ2) is 12.4. The zero-order chi connectivity index (χ0) is 32.0. The monoisotopic (exact) mass is 656 g/mol. The molecule has 0 amide bonds. The molecule has 3 fully saturated rings. The number of hydrogen-bond donors (Lipinski definition) is 3. The van der Waals surface area contributed by atoms with Crippen LogP contribution in [-0.4, -0.2) is 99.1 Å². The molecule has 0 spiro atoms. The first-order valence-electron chi connectivity index (χ1n) is 15.6. The minimum Gasteiger partial charge on any atom is -0.461 e. The highest BCUT2D eigenvalue weighted by atomic mass is 35.5. The first kappa shape index (κ1) is 30.8. The van der Waals surface area contributed by atoms with Crippen LogP contribution in [0.5, 0.6) is 6.01 Å². The summed E-state index contributed by atoms with van der Waals surface area (Å²) in [7, 11) is 0. The Morgan fingerprint density at radius 1 is 1.26 bits per heavy atom. The van der Waals surface area contributed by atoms with Gasteiger partial charge in [-0.05, 0) is 49.8 Å². The minimum absolute atomic E-state index is 0.0194. The molecule has 7 rings (SSSR count). The van der Waals surface area contributed by atoms with Crippen LogP contribution in [0, 0.1) is 11.7 Å². The lowest BCUT2D eigenvalue weighted by Crippen LogP contribution is -2.46. The summed E-state index contributed by atoms with van der Waals surface area (Å²) in [5.74, 6) is 0.139. The molecule has 4 aromatic rings. The molecule has 0 bridgehead atoms. The molecule has 3 N–H and O–H groups in total. The van der Waals surface area contributed by atoms with Crippen molar-refractivity contribution >= 4 is 45.4 Å². The maximum atomic E-state index is 16.9. The molecule has 1 aromatic carbocycles. The van der Waals surface area contributed by atoms with Crippen molar-refractivity contribution in [1.82, 2.24) is 35.4 Å². The first-order valence-corrected chi connectivity index (χ1v) is 15.9. The van der Waals surface area contributed by atoms with E-state index in [9.17, 15) is 9.18 Å². The fraction of sp³-hybridized carbons (Fsp3) is 0.516. The summed E-state index contributed by atoms with van der Waals surface area (Å²) in [4.78, 5) is 29.0. The van der Waals surface area contributed by atoms with Crippen LogP contribution in [0.15, 0.2) is 18.5 Å².